The summed E-state index contributed by atoms with van der Waals surface area (Å²) in [5, 5.41) is 0. The fraction of sp³-hybridized carbons (Fsp3) is 0.143. The minimum absolute atomic E-state index is 0.0922. The lowest BCUT2D eigenvalue weighted by molar-refractivity contribution is 0.585. The van der Waals surface area contributed by atoms with Gasteiger partial charge in [0.15, 0.2) is 9.84 Å². The molecule has 0 atom stereocenters. The summed E-state index contributed by atoms with van der Waals surface area (Å²) in [7, 11) is -3.51. The van der Waals surface area contributed by atoms with E-state index < -0.39 is 21.5 Å². The van der Waals surface area contributed by atoms with Crippen LogP contribution in [0.1, 0.15) is 18.1 Å². The smallest absolute Gasteiger partial charge is 0.182 e. The van der Waals surface area contributed by atoms with E-state index in [1.165, 1.54) is 36.4 Å². The number of sulfone groups is 1. The van der Waals surface area contributed by atoms with Gasteiger partial charge in [-0.2, -0.15) is 0 Å². The van der Waals surface area contributed by atoms with Gasteiger partial charge in [-0.1, -0.05) is 43.3 Å². The summed E-state index contributed by atoms with van der Waals surface area (Å²) in [5.74, 6) is -1.43. The van der Waals surface area contributed by atoms with Gasteiger partial charge in [0.05, 0.1) is 10.6 Å². The third-order valence-electron chi connectivity index (χ3n) is 4.21. The Hall–Kier alpha value is -2.53. The summed E-state index contributed by atoms with van der Waals surface area (Å²) in [6, 6.07) is 16.8. The van der Waals surface area contributed by atoms with Gasteiger partial charge in [0, 0.05) is 11.6 Å². The molecule has 0 aliphatic carbocycles. The Balaban J connectivity index is 1.87. The zero-order valence-corrected chi connectivity index (χ0v) is 15.1. The van der Waals surface area contributed by atoms with E-state index >= 15 is 0 Å². The Morgan fingerprint density at radius 1 is 0.846 bits per heavy atom. The van der Waals surface area contributed by atoms with Crippen molar-refractivity contribution in [2.45, 2.75) is 24.0 Å². The van der Waals surface area contributed by atoms with Crippen molar-refractivity contribution in [2.24, 2.45) is 0 Å². The lowest BCUT2D eigenvalue weighted by atomic mass is 10.1. The normalized spacial score (nSPS) is 11.5. The van der Waals surface area contributed by atoms with Crippen LogP contribution in [0, 0.1) is 11.6 Å². The molecule has 0 N–H and O–H groups in total. The summed E-state index contributed by atoms with van der Waals surface area (Å²) >= 11 is 0. The minimum Gasteiger partial charge on any atom is -0.223 e. The molecule has 3 rings (SSSR count). The molecule has 0 unspecified atom stereocenters. The van der Waals surface area contributed by atoms with Crippen molar-refractivity contribution in [1.82, 2.24) is 0 Å². The molecule has 0 aliphatic rings. The molecule has 0 saturated carbocycles. The third-order valence-corrected chi connectivity index (χ3v) is 5.92. The average molecular weight is 372 g/mol. The Morgan fingerprint density at radius 2 is 1.54 bits per heavy atom. The van der Waals surface area contributed by atoms with Crippen LogP contribution in [0.15, 0.2) is 71.6 Å². The van der Waals surface area contributed by atoms with E-state index in [-0.39, 0.29) is 16.2 Å². The number of benzene rings is 3. The Labute approximate surface area is 152 Å². The van der Waals surface area contributed by atoms with Crippen LogP contribution in [0.5, 0.6) is 0 Å². The molecule has 0 fully saturated rings. The second-order valence-corrected chi connectivity index (χ2v) is 8.07. The lowest BCUT2D eigenvalue weighted by Gasteiger charge is -2.08. The van der Waals surface area contributed by atoms with Gasteiger partial charge in [-0.05, 0) is 47.4 Å². The van der Waals surface area contributed by atoms with E-state index in [2.05, 4.69) is 0 Å². The summed E-state index contributed by atoms with van der Waals surface area (Å²) in [6.45, 7) is 2.01. The van der Waals surface area contributed by atoms with E-state index in [0.717, 1.165) is 23.6 Å². The fourth-order valence-electron chi connectivity index (χ4n) is 2.81. The summed E-state index contributed by atoms with van der Waals surface area (Å²) in [4.78, 5) is 0.172. The first-order chi connectivity index (χ1) is 12.4. The van der Waals surface area contributed by atoms with E-state index in [1.54, 1.807) is 6.07 Å². The predicted molar refractivity (Wildman–Crippen MR) is 98.5 cm³/mol. The van der Waals surface area contributed by atoms with Gasteiger partial charge in [-0.25, -0.2) is 17.2 Å². The molecule has 5 heteroatoms. The van der Waals surface area contributed by atoms with E-state index in [4.69, 9.17) is 0 Å². The Morgan fingerprint density at radius 3 is 2.19 bits per heavy atom. The molecular formula is C21H18F2O2S. The first kappa shape index (κ1) is 18.3. The predicted octanol–water partition coefficient (Wildman–Crippen LogP) is 5.17. The topological polar surface area (TPSA) is 34.1 Å². The van der Waals surface area contributed by atoms with Crippen LogP contribution in [-0.2, 0) is 22.0 Å². The summed E-state index contributed by atoms with van der Waals surface area (Å²) < 4.78 is 52.2. The molecule has 0 amide bonds. The monoisotopic (exact) mass is 372 g/mol. The van der Waals surface area contributed by atoms with Crippen molar-refractivity contribution in [3.05, 3.63) is 89.5 Å². The molecule has 0 aliphatic heterocycles. The van der Waals surface area contributed by atoms with Crippen molar-refractivity contribution < 1.29 is 17.2 Å². The van der Waals surface area contributed by atoms with Gasteiger partial charge in [0.1, 0.15) is 11.6 Å². The highest BCUT2D eigenvalue weighted by Gasteiger charge is 2.16. The number of halogens is 2. The van der Waals surface area contributed by atoms with Crippen molar-refractivity contribution in [3.8, 4) is 11.1 Å². The van der Waals surface area contributed by atoms with Crippen LogP contribution in [0.25, 0.3) is 11.1 Å². The zero-order chi connectivity index (χ0) is 18.7. The van der Waals surface area contributed by atoms with Gasteiger partial charge in [-0.15, -0.1) is 0 Å². The maximum atomic E-state index is 13.9. The van der Waals surface area contributed by atoms with E-state index in [9.17, 15) is 17.2 Å². The second kappa shape index (κ2) is 7.38. The van der Waals surface area contributed by atoms with Gasteiger partial charge in [0.2, 0.25) is 0 Å². The first-order valence-corrected chi connectivity index (χ1v) is 9.90. The Bertz CT molecular complexity index is 1030. The van der Waals surface area contributed by atoms with Crippen molar-refractivity contribution >= 4 is 9.84 Å². The molecule has 0 heterocycles. The van der Waals surface area contributed by atoms with Crippen molar-refractivity contribution in [3.63, 3.8) is 0 Å². The van der Waals surface area contributed by atoms with Crippen LogP contribution in [-0.4, -0.2) is 8.42 Å². The molecule has 3 aromatic carbocycles. The van der Waals surface area contributed by atoms with Gasteiger partial charge in [0.25, 0.3) is 0 Å². The lowest BCUT2D eigenvalue weighted by Crippen LogP contribution is -2.05. The Kier molecular flexibility index (Phi) is 5.18. The number of hydrogen-bond donors (Lipinski definition) is 0. The molecule has 0 bridgehead atoms. The van der Waals surface area contributed by atoms with Crippen molar-refractivity contribution in [1.29, 1.82) is 0 Å². The summed E-state index contributed by atoms with van der Waals surface area (Å²) in [6.07, 6.45) is 0.839. The number of rotatable bonds is 5. The summed E-state index contributed by atoms with van der Waals surface area (Å²) in [5.41, 5.74) is 2.54. The quantitative estimate of drug-likeness (QED) is 0.619. The molecule has 0 saturated heterocycles. The average Bonchev–Trinajstić information content (AvgIpc) is 2.62. The van der Waals surface area contributed by atoms with E-state index in [1.807, 2.05) is 25.1 Å². The standard InChI is InChI=1S/C21H18F2O2S/c1-2-15-4-3-5-16(12-15)14-26(24,25)19-9-6-17(7-10-19)20-11-8-18(22)13-21(20)23/h3-13H,2,14H2,1H3. The highest BCUT2D eigenvalue weighted by molar-refractivity contribution is 7.90. The molecule has 0 radical (unpaired) electrons. The van der Waals surface area contributed by atoms with Crippen LogP contribution in [0.2, 0.25) is 0 Å². The van der Waals surface area contributed by atoms with Gasteiger partial charge < -0.3 is 0 Å². The number of aryl methyl sites for hydroxylation is 1. The molecule has 0 spiro atoms. The molecule has 26 heavy (non-hydrogen) atoms. The highest BCUT2D eigenvalue weighted by atomic mass is 32.2. The largest absolute Gasteiger partial charge is 0.223 e. The van der Waals surface area contributed by atoms with Crippen LogP contribution < -0.4 is 0 Å². The molecule has 0 aromatic heterocycles. The highest BCUT2D eigenvalue weighted by Crippen LogP contribution is 2.26. The molecule has 134 valence electrons. The third kappa shape index (κ3) is 3.99. The SMILES string of the molecule is CCc1cccc(CS(=O)(=O)c2ccc(-c3ccc(F)cc3F)cc2)c1. The second-order valence-electron chi connectivity index (χ2n) is 6.08. The molecular weight excluding hydrogens is 354 g/mol. The zero-order valence-electron chi connectivity index (χ0n) is 14.2. The van der Waals surface area contributed by atoms with Crippen LogP contribution >= 0.6 is 0 Å². The first-order valence-electron chi connectivity index (χ1n) is 8.25. The fourth-order valence-corrected chi connectivity index (χ4v) is 4.14. The van der Waals surface area contributed by atoms with Gasteiger partial charge >= 0.3 is 0 Å². The molecule has 2 nitrogen and oxygen atoms in total. The van der Waals surface area contributed by atoms with Crippen LogP contribution in [0.3, 0.4) is 0 Å². The maximum Gasteiger partial charge on any atom is 0.182 e. The maximum absolute atomic E-state index is 13.9. The number of hydrogen-bond acceptors (Lipinski definition) is 2. The van der Waals surface area contributed by atoms with Crippen LogP contribution in [0.4, 0.5) is 8.78 Å². The van der Waals surface area contributed by atoms with E-state index in [0.29, 0.717) is 5.56 Å². The van der Waals surface area contributed by atoms with Gasteiger partial charge in [-0.3, -0.25) is 0 Å². The van der Waals surface area contributed by atoms with Crippen molar-refractivity contribution in [2.75, 3.05) is 0 Å². The minimum atomic E-state index is -3.51. The molecule has 3 aromatic rings.